The van der Waals surface area contributed by atoms with Crippen molar-refractivity contribution in [2.45, 2.75) is 0 Å². The molecule has 3 aromatic rings. The highest BCUT2D eigenvalue weighted by Crippen LogP contribution is 2.23. The Balaban J connectivity index is 2.26. The predicted molar refractivity (Wildman–Crippen MR) is 77.4 cm³/mol. The average Bonchev–Trinajstić information content (AvgIpc) is 2.80. The summed E-state index contributed by atoms with van der Waals surface area (Å²) in [6, 6.07) is 13.5. The van der Waals surface area contributed by atoms with E-state index in [1.54, 1.807) is 6.21 Å². The highest BCUT2D eigenvalue weighted by molar-refractivity contribution is 6.30. The number of benzene rings is 1. The zero-order valence-corrected chi connectivity index (χ0v) is 10.7. The molecule has 1 aromatic carbocycles. The molecule has 94 valence electrons. The summed E-state index contributed by atoms with van der Waals surface area (Å²) < 4.78 is 2.00. The zero-order valence-electron chi connectivity index (χ0n) is 9.99. The van der Waals surface area contributed by atoms with Crippen molar-refractivity contribution in [2.75, 3.05) is 0 Å². The van der Waals surface area contributed by atoms with E-state index in [4.69, 9.17) is 17.4 Å². The van der Waals surface area contributed by atoms with Gasteiger partial charge in [0.25, 0.3) is 0 Å². The minimum atomic E-state index is 0.702. The Hall–Kier alpha value is -2.33. The Bertz CT molecular complexity index is 744. The second-order valence-corrected chi connectivity index (χ2v) is 4.50. The van der Waals surface area contributed by atoms with Gasteiger partial charge in [0.15, 0.2) is 0 Å². The summed E-state index contributed by atoms with van der Waals surface area (Å²) in [5, 5.41) is 4.26. The van der Waals surface area contributed by atoms with Gasteiger partial charge in [0.1, 0.15) is 11.5 Å². The number of imidazole rings is 1. The number of pyridine rings is 1. The Morgan fingerprint density at radius 3 is 2.68 bits per heavy atom. The summed E-state index contributed by atoms with van der Waals surface area (Å²) >= 11 is 5.91. The SMILES string of the molecule is NN=Cc1nc(-c2ccc(Cl)cc2)n2ccccc12. The molecule has 0 radical (unpaired) electrons. The van der Waals surface area contributed by atoms with E-state index >= 15 is 0 Å². The lowest BCUT2D eigenvalue weighted by Gasteiger charge is -2.00. The third-order valence-electron chi connectivity index (χ3n) is 2.88. The van der Waals surface area contributed by atoms with Crippen LogP contribution in [0.25, 0.3) is 16.9 Å². The van der Waals surface area contributed by atoms with Crippen LogP contribution in [0, 0.1) is 0 Å². The van der Waals surface area contributed by atoms with Crippen LogP contribution in [-0.2, 0) is 0 Å². The number of hydrogen-bond acceptors (Lipinski definition) is 3. The molecule has 2 aromatic heterocycles. The lowest BCUT2D eigenvalue weighted by atomic mass is 10.2. The molecule has 0 bridgehead atoms. The molecule has 2 N–H and O–H groups in total. The van der Waals surface area contributed by atoms with Crippen LogP contribution in [0.3, 0.4) is 0 Å². The number of halogens is 1. The van der Waals surface area contributed by atoms with Gasteiger partial charge in [-0.1, -0.05) is 17.7 Å². The monoisotopic (exact) mass is 270 g/mol. The van der Waals surface area contributed by atoms with Crippen molar-refractivity contribution in [3.05, 3.63) is 59.4 Å². The highest BCUT2D eigenvalue weighted by Gasteiger charge is 2.10. The number of hydrogen-bond donors (Lipinski definition) is 1. The minimum absolute atomic E-state index is 0.702. The summed E-state index contributed by atoms with van der Waals surface area (Å²) in [5.41, 5.74) is 2.69. The van der Waals surface area contributed by atoms with Gasteiger partial charge in [0, 0.05) is 16.8 Å². The molecule has 0 unspecified atom stereocenters. The van der Waals surface area contributed by atoms with Crippen molar-refractivity contribution in [3.8, 4) is 11.4 Å². The van der Waals surface area contributed by atoms with Crippen molar-refractivity contribution in [3.63, 3.8) is 0 Å². The molecule has 0 spiro atoms. The van der Waals surface area contributed by atoms with Crippen LogP contribution in [0.15, 0.2) is 53.8 Å². The molecule has 0 saturated carbocycles. The van der Waals surface area contributed by atoms with Crippen molar-refractivity contribution >= 4 is 23.3 Å². The van der Waals surface area contributed by atoms with Gasteiger partial charge < -0.3 is 5.84 Å². The van der Waals surface area contributed by atoms with E-state index in [0.717, 1.165) is 22.6 Å². The topological polar surface area (TPSA) is 55.7 Å². The van der Waals surface area contributed by atoms with E-state index < -0.39 is 0 Å². The molecular formula is C14H11ClN4. The number of rotatable bonds is 2. The van der Waals surface area contributed by atoms with E-state index in [1.807, 2.05) is 53.1 Å². The summed E-state index contributed by atoms with van der Waals surface area (Å²) in [7, 11) is 0. The fraction of sp³-hybridized carbons (Fsp3) is 0. The van der Waals surface area contributed by atoms with Gasteiger partial charge in [-0.3, -0.25) is 4.40 Å². The number of nitrogens with zero attached hydrogens (tertiary/aromatic N) is 3. The maximum Gasteiger partial charge on any atom is 0.145 e. The molecule has 0 aliphatic heterocycles. The summed E-state index contributed by atoms with van der Waals surface area (Å²) in [4.78, 5) is 4.57. The molecular weight excluding hydrogens is 260 g/mol. The van der Waals surface area contributed by atoms with Crippen molar-refractivity contribution in [1.29, 1.82) is 0 Å². The lowest BCUT2D eigenvalue weighted by Crippen LogP contribution is -1.87. The molecule has 0 aliphatic carbocycles. The van der Waals surface area contributed by atoms with Gasteiger partial charge in [-0.2, -0.15) is 5.10 Å². The summed E-state index contributed by atoms with van der Waals surface area (Å²) in [5.74, 6) is 6.06. The van der Waals surface area contributed by atoms with Gasteiger partial charge in [0.05, 0.1) is 11.7 Å². The van der Waals surface area contributed by atoms with Crippen molar-refractivity contribution in [1.82, 2.24) is 9.38 Å². The number of hydrazone groups is 1. The van der Waals surface area contributed by atoms with Crippen LogP contribution in [0.2, 0.25) is 5.02 Å². The first-order valence-corrected chi connectivity index (χ1v) is 6.13. The Labute approximate surface area is 115 Å². The standard InChI is InChI=1S/C14H11ClN4/c15-11-6-4-10(5-7-11)14-18-12(9-17-16)13-3-1-2-8-19(13)14/h1-9H,16H2. The first-order valence-electron chi connectivity index (χ1n) is 5.76. The van der Waals surface area contributed by atoms with E-state index in [2.05, 4.69) is 10.1 Å². The second-order valence-electron chi connectivity index (χ2n) is 4.06. The first-order chi connectivity index (χ1) is 9.29. The van der Waals surface area contributed by atoms with E-state index in [-0.39, 0.29) is 0 Å². The van der Waals surface area contributed by atoms with Gasteiger partial charge in [-0.25, -0.2) is 4.98 Å². The quantitative estimate of drug-likeness (QED) is 0.442. The maximum atomic E-state index is 5.91. The fourth-order valence-electron chi connectivity index (χ4n) is 2.03. The molecule has 2 heterocycles. The molecule has 3 rings (SSSR count). The molecule has 19 heavy (non-hydrogen) atoms. The van der Waals surface area contributed by atoms with Crippen LogP contribution >= 0.6 is 11.6 Å². The summed E-state index contributed by atoms with van der Waals surface area (Å²) in [6.45, 7) is 0. The second kappa shape index (κ2) is 4.74. The molecule has 0 aliphatic rings. The zero-order chi connectivity index (χ0) is 13.2. The van der Waals surface area contributed by atoms with Crippen molar-refractivity contribution in [2.24, 2.45) is 10.9 Å². The lowest BCUT2D eigenvalue weighted by molar-refractivity contribution is 1.16. The van der Waals surface area contributed by atoms with Gasteiger partial charge in [-0.05, 0) is 36.4 Å². The van der Waals surface area contributed by atoms with Crippen LogP contribution in [0.4, 0.5) is 0 Å². The largest absolute Gasteiger partial charge is 0.323 e. The molecule has 0 atom stereocenters. The Morgan fingerprint density at radius 2 is 1.95 bits per heavy atom. The molecule has 0 amide bonds. The normalized spacial score (nSPS) is 11.4. The smallest absolute Gasteiger partial charge is 0.145 e. The maximum absolute atomic E-state index is 5.91. The van der Waals surface area contributed by atoms with E-state index in [0.29, 0.717) is 5.02 Å². The minimum Gasteiger partial charge on any atom is -0.323 e. The first kappa shape index (κ1) is 11.7. The van der Waals surface area contributed by atoms with Gasteiger partial charge in [0.2, 0.25) is 0 Å². The van der Waals surface area contributed by atoms with Crippen molar-refractivity contribution < 1.29 is 0 Å². The number of aromatic nitrogens is 2. The molecule has 0 saturated heterocycles. The fourth-order valence-corrected chi connectivity index (χ4v) is 2.16. The van der Waals surface area contributed by atoms with Crippen LogP contribution in [0.1, 0.15) is 5.69 Å². The average molecular weight is 271 g/mol. The van der Waals surface area contributed by atoms with E-state index in [1.165, 1.54) is 0 Å². The van der Waals surface area contributed by atoms with Crippen LogP contribution < -0.4 is 5.84 Å². The molecule has 0 fully saturated rings. The predicted octanol–water partition coefficient (Wildman–Crippen LogP) is 2.95. The third kappa shape index (κ3) is 2.06. The Morgan fingerprint density at radius 1 is 1.16 bits per heavy atom. The third-order valence-corrected chi connectivity index (χ3v) is 3.13. The summed E-state index contributed by atoms with van der Waals surface area (Å²) in [6.07, 6.45) is 3.51. The number of fused-ring (bicyclic) bond motifs is 1. The Kier molecular flexibility index (Phi) is 2.93. The van der Waals surface area contributed by atoms with Crippen LogP contribution in [-0.4, -0.2) is 15.6 Å². The van der Waals surface area contributed by atoms with E-state index in [9.17, 15) is 0 Å². The molecule has 5 heteroatoms. The number of nitrogens with two attached hydrogens (primary N) is 1. The van der Waals surface area contributed by atoms with Gasteiger partial charge >= 0.3 is 0 Å². The highest BCUT2D eigenvalue weighted by atomic mass is 35.5. The van der Waals surface area contributed by atoms with Crippen LogP contribution in [0.5, 0.6) is 0 Å². The van der Waals surface area contributed by atoms with Gasteiger partial charge in [-0.15, -0.1) is 0 Å². The molecule has 4 nitrogen and oxygen atoms in total.